The molecule has 1 aromatic rings. The summed E-state index contributed by atoms with van der Waals surface area (Å²) in [5.74, 6) is 0. The van der Waals surface area contributed by atoms with Gasteiger partial charge < -0.3 is 0 Å². The zero-order valence-corrected chi connectivity index (χ0v) is 9.67. The lowest BCUT2D eigenvalue weighted by Gasteiger charge is -2.03. The third-order valence-corrected chi connectivity index (χ3v) is 2.70. The second kappa shape index (κ2) is 7.47. The van der Waals surface area contributed by atoms with Gasteiger partial charge in [0.25, 0.3) is 0 Å². The summed E-state index contributed by atoms with van der Waals surface area (Å²) in [6, 6.07) is 8.86. The number of hydrogen-bond donors (Lipinski definition) is 0. The van der Waals surface area contributed by atoms with Crippen molar-refractivity contribution in [3.05, 3.63) is 35.4 Å². The normalized spacial score (nSPS) is 10.5. The summed E-state index contributed by atoms with van der Waals surface area (Å²) in [5, 5.41) is 10.3. The van der Waals surface area contributed by atoms with Crippen molar-refractivity contribution in [2.45, 2.75) is 45.4 Å². The highest BCUT2D eigenvalue weighted by molar-refractivity contribution is 5.22. The number of hydrogen-bond acceptors (Lipinski definition) is 0. The largest absolute Gasteiger partial charge is 0.237 e. The Bertz CT molecular complexity index is 251. The lowest BCUT2D eigenvalue weighted by molar-refractivity contribution is 0.187. The minimum absolute atomic E-state index is 0.0641. The molecule has 1 radical (unpaired) electrons. The summed E-state index contributed by atoms with van der Waals surface area (Å²) in [7, 11) is 0. The number of unbranched alkanes of at least 4 members (excludes halogenated alkanes) is 2. The van der Waals surface area contributed by atoms with Crippen LogP contribution in [-0.4, -0.2) is 6.61 Å². The van der Waals surface area contributed by atoms with Gasteiger partial charge in [0.2, 0.25) is 0 Å². The highest BCUT2D eigenvalue weighted by Crippen LogP contribution is 2.10. The van der Waals surface area contributed by atoms with Crippen LogP contribution >= 0.6 is 0 Å². The van der Waals surface area contributed by atoms with E-state index in [0.717, 1.165) is 19.3 Å². The monoisotopic (exact) mass is 205 g/mol. The van der Waals surface area contributed by atoms with E-state index in [1.54, 1.807) is 0 Å². The van der Waals surface area contributed by atoms with E-state index in [1.165, 1.54) is 30.4 Å². The first kappa shape index (κ1) is 12.3. The highest BCUT2D eigenvalue weighted by Gasteiger charge is 1.95. The molecule has 0 aliphatic rings. The topological polar surface area (TPSA) is 19.9 Å². The molecule has 0 heterocycles. The molecule has 0 saturated heterocycles. The molecule has 0 aliphatic heterocycles. The summed E-state index contributed by atoms with van der Waals surface area (Å²) < 4.78 is 0. The molecule has 83 valence electrons. The van der Waals surface area contributed by atoms with Crippen molar-refractivity contribution in [3.8, 4) is 0 Å². The zero-order chi connectivity index (χ0) is 10.9. The van der Waals surface area contributed by atoms with E-state index < -0.39 is 0 Å². The van der Waals surface area contributed by atoms with Crippen molar-refractivity contribution in [1.82, 2.24) is 0 Å². The molecule has 0 unspecified atom stereocenters. The maximum absolute atomic E-state index is 10.3. The Morgan fingerprint density at radius 1 is 0.867 bits per heavy atom. The Balaban J connectivity index is 2.35. The van der Waals surface area contributed by atoms with Gasteiger partial charge in [0, 0.05) is 0 Å². The van der Waals surface area contributed by atoms with Gasteiger partial charge in [-0.1, -0.05) is 37.6 Å². The summed E-state index contributed by atoms with van der Waals surface area (Å²) in [6.45, 7) is 2.28. The van der Waals surface area contributed by atoms with Crippen LogP contribution in [0.5, 0.6) is 0 Å². The van der Waals surface area contributed by atoms with Crippen LogP contribution in [-0.2, 0) is 17.9 Å². The predicted molar refractivity (Wildman–Crippen MR) is 63.5 cm³/mol. The zero-order valence-electron chi connectivity index (χ0n) is 9.67. The summed E-state index contributed by atoms with van der Waals surface area (Å²) in [6.07, 6.45) is 6.60. The molecule has 0 amide bonds. The van der Waals surface area contributed by atoms with Gasteiger partial charge in [-0.3, -0.25) is 0 Å². The average molecular weight is 205 g/mol. The van der Waals surface area contributed by atoms with E-state index in [4.69, 9.17) is 0 Å². The molecule has 0 bridgehead atoms. The lowest BCUT2D eigenvalue weighted by Crippen LogP contribution is -1.89. The summed E-state index contributed by atoms with van der Waals surface area (Å²) >= 11 is 0. The van der Waals surface area contributed by atoms with Crippen molar-refractivity contribution >= 4 is 0 Å². The maximum Gasteiger partial charge on any atom is 0.0822 e. The van der Waals surface area contributed by atoms with Crippen molar-refractivity contribution in [2.24, 2.45) is 0 Å². The van der Waals surface area contributed by atoms with Crippen molar-refractivity contribution in [1.29, 1.82) is 0 Å². The Kier molecular flexibility index (Phi) is 6.10. The van der Waals surface area contributed by atoms with Crippen LogP contribution < -0.4 is 0 Å². The molecule has 1 heteroatoms. The third kappa shape index (κ3) is 4.98. The SMILES string of the molecule is CCCCc1ccc(CCCC[O])cc1. The molecule has 0 aliphatic carbocycles. The van der Waals surface area contributed by atoms with Gasteiger partial charge >= 0.3 is 0 Å². The van der Waals surface area contributed by atoms with Gasteiger partial charge in [-0.15, -0.1) is 0 Å². The van der Waals surface area contributed by atoms with E-state index in [1.807, 2.05) is 0 Å². The minimum atomic E-state index is 0.0641. The predicted octanol–water partition coefficient (Wildman–Crippen LogP) is 3.78. The highest BCUT2D eigenvalue weighted by atomic mass is 16.2. The fourth-order valence-corrected chi connectivity index (χ4v) is 1.68. The average Bonchev–Trinajstić information content (AvgIpc) is 2.28. The number of rotatable bonds is 7. The second-order valence-corrected chi connectivity index (χ2v) is 4.08. The molecule has 1 nitrogen and oxygen atoms in total. The van der Waals surface area contributed by atoms with Gasteiger partial charge in [-0.2, -0.15) is 0 Å². The smallest absolute Gasteiger partial charge is 0.0822 e. The van der Waals surface area contributed by atoms with Gasteiger partial charge in [0.1, 0.15) is 0 Å². The first-order valence-electron chi connectivity index (χ1n) is 6.02. The summed E-state index contributed by atoms with van der Waals surface area (Å²) in [4.78, 5) is 0. The lowest BCUT2D eigenvalue weighted by atomic mass is 10.0. The molecule has 0 aromatic heterocycles. The van der Waals surface area contributed by atoms with Gasteiger partial charge in [0.05, 0.1) is 6.61 Å². The van der Waals surface area contributed by atoms with E-state index in [0.29, 0.717) is 0 Å². The maximum atomic E-state index is 10.3. The van der Waals surface area contributed by atoms with Crippen LogP contribution in [0, 0.1) is 0 Å². The first-order valence-corrected chi connectivity index (χ1v) is 6.02. The van der Waals surface area contributed by atoms with Gasteiger partial charge in [-0.25, -0.2) is 5.11 Å². The molecule has 15 heavy (non-hydrogen) atoms. The van der Waals surface area contributed by atoms with Crippen LogP contribution in [0.4, 0.5) is 0 Å². The Morgan fingerprint density at radius 3 is 1.87 bits per heavy atom. The molecular formula is C14H21O. The molecule has 0 N–H and O–H groups in total. The second-order valence-electron chi connectivity index (χ2n) is 4.08. The van der Waals surface area contributed by atoms with Crippen molar-refractivity contribution < 1.29 is 5.11 Å². The molecule has 1 aromatic carbocycles. The Labute approximate surface area is 93.1 Å². The quantitative estimate of drug-likeness (QED) is 0.604. The Hall–Kier alpha value is -0.820. The molecule has 0 atom stereocenters. The molecule has 0 fully saturated rings. The number of benzene rings is 1. The third-order valence-electron chi connectivity index (χ3n) is 2.70. The fourth-order valence-electron chi connectivity index (χ4n) is 1.68. The molecule has 0 saturated carbocycles. The van der Waals surface area contributed by atoms with Gasteiger partial charge in [0.15, 0.2) is 0 Å². The Morgan fingerprint density at radius 2 is 1.40 bits per heavy atom. The van der Waals surface area contributed by atoms with Crippen LogP contribution in [0.1, 0.15) is 43.7 Å². The van der Waals surface area contributed by atoms with Gasteiger partial charge in [-0.05, 0) is 43.2 Å². The standard InChI is InChI=1S/C14H21O/c1-2-3-6-13-8-10-14(11-9-13)7-4-5-12-15/h8-11H,2-7,12H2,1H3. The number of aryl methyl sites for hydroxylation is 2. The molecule has 1 rings (SSSR count). The fraction of sp³-hybridized carbons (Fsp3) is 0.571. The minimum Gasteiger partial charge on any atom is -0.237 e. The van der Waals surface area contributed by atoms with Crippen molar-refractivity contribution in [3.63, 3.8) is 0 Å². The molecular weight excluding hydrogens is 184 g/mol. The van der Waals surface area contributed by atoms with Crippen LogP contribution in [0.3, 0.4) is 0 Å². The van der Waals surface area contributed by atoms with E-state index in [2.05, 4.69) is 31.2 Å². The summed E-state index contributed by atoms with van der Waals surface area (Å²) in [5.41, 5.74) is 2.80. The molecule has 0 spiro atoms. The van der Waals surface area contributed by atoms with E-state index in [-0.39, 0.29) is 6.61 Å². The van der Waals surface area contributed by atoms with E-state index in [9.17, 15) is 5.11 Å². The van der Waals surface area contributed by atoms with Crippen LogP contribution in [0.15, 0.2) is 24.3 Å². The first-order chi connectivity index (χ1) is 7.36. The van der Waals surface area contributed by atoms with Crippen LogP contribution in [0.2, 0.25) is 0 Å². The van der Waals surface area contributed by atoms with Crippen LogP contribution in [0.25, 0.3) is 0 Å². The van der Waals surface area contributed by atoms with Crippen molar-refractivity contribution in [2.75, 3.05) is 6.61 Å². The van der Waals surface area contributed by atoms with E-state index >= 15 is 0 Å².